The summed E-state index contributed by atoms with van der Waals surface area (Å²) in [5.41, 5.74) is 0.381. The zero-order valence-electron chi connectivity index (χ0n) is 9.69. The molecule has 1 atom stereocenters. The van der Waals surface area contributed by atoms with Gasteiger partial charge < -0.3 is 15.3 Å². The molecule has 0 aromatic heterocycles. The fourth-order valence-corrected chi connectivity index (χ4v) is 1.72. The first-order valence-corrected chi connectivity index (χ1v) is 5.47. The monoisotopic (exact) mass is 226 g/mol. The van der Waals surface area contributed by atoms with Crippen LogP contribution in [0.15, 0.2) is 11.6 Å². The number of carboxylic acids is 1. The second-order valence-electron chi connectivity index (χ2n) is 3.90. The molecule has 1 aliphatic rings. The maximum absolute atomic E-state index is 11.5. The summed E-state index contributed by atoms with van der Waals surface area (Å²) in [7, 11) is 1.77. The van der Waals surface area contributed by atoms with Gasteiger partial charge in [-0.15, -0.1) is 0 Å². The van der Waals surface area contributed by atoms with Crippen LogP contribution in [0.5, 0.6) is 0 Å². The van der Waals surface area contributed by atoms with Crippen LogP contribution in [0.2, 0.25) is 0 Å². The number of likely N-dealkylation sites (N-methyl/N-ethyl adjacent to an activating group) is 1. The zero-order chi connectivity index (χ0) is 12.1. The quantitative estimate of drug-likeness (QED) is 0.658. The van der Waals surface area contributed by atoms with Gasteiger partial charge >= 0.3 is 5.97 Å². The number of aliphatic carboxylic acids is 1. The molecule has 5 nitrogen and oxygen atoms in total. The number of hydrogen-bond donors (Lipinski definition) is 2. The van der Waals surface area contributed by atoms with Gasteiger partial charge in [0, 0.05) is 25.7 Å². The summed E-state index contributed by atoms with van der Waals surface area (Å²) in [6, 6.07) is -0.159. The SMILES string of the molecule is CCC(=CCNC1CCN(C)C1=O)C(=O)O. The Morgan fingerprint density at radius 2 is 2.38 bits per heavy atom. The predicted molar refractivity (Wildman–Crippen MR) is 60.1 cm³/mol. The van der Waals surface area contributed by atoms with Gasteiger partial charge in [0.25, 0.3) is 0 Å². The standard InChI is InChI=1S/C11H18N2O3/c1-3-8(11(15)16)4-6-12-9-5-7-13(2)10(9)14/h4,9,12H,3,5-7H2,1-2H3,(H,15,16). The molecule has 1 amide bonds. The molecule has 0 spiro atoms. The molecule has 1 heterocycles. The highest BCUT2D eigenvalue weighted by molar-refractivity contribution is 5.86. The van der Waals surface area contributed by atoms with Crippen LogP contribution in [-0.2, 0) is 9.59 Å². The predicted octanol–water partition coefficient (Wildman–Crippen LogP) is 0.228. The van der Waals surface area contributed by atoms with Gasteiger partial charge in [0.05, 0.1) is 6.04 Å². The third-order valence-corrected chi connectivity index (χ3v) is 2.80. The molecule has 1 aliphatic heterocycles. The molecule has 0 radical (unpaired) electrons. The van der Waals surface area contributed by atoms with Crippen LogP contribution in [0.4, 0.5) is 0 Å². The summed E-state index contributed by atoms with van der Waals surface area (Å²) < 4.78 is 0. The van der Waals surface area contributed by atoms with Crippen molar-refractivity contribution in [2.24, 2.45) is 0 Å². The highest BCUT2D eigenvalue weighted by Crippen LogP contribution is 2.08. The number of nitrogens with zero attached hydrogens (tertiary/aromatic N) is 1. The second kappa shape index (κ2) is 5.65. The second-order valence-corrected chi connectivity index (χ2v) is 3.90. The third-order valence-electron chi connectivity index (χ3n) is 2.80. The minimum Gasteiger partial charge on any atom is -0.478 e. The number of hydrogen-bond acceptors (Lipinski definition) is 3. The van der Waals surface area contributed by atoms with Crippen LogP contribution in [0.25, 0.3) is 0 Å². The van der Waals surface area contributed by atoms with Crippen molar-refractivity contribution in [2.75, 3.05) is 20.1 Å². The van der Waals surface area contributed by atoms with Crippen molar-refractivity contribution in [3.63, 3.8) is 0 Å². The molecule has 1 unspecified atom stereocenters. The molecule has 1 saturated heterocycles. The van der Waals surface area contributed by atoms with Gasteiger partial charge in [-0.25, -0.2) is 4.79 Å². The Labute approximate surface area is 95.1 Å². The summed E-state index contributed by atoms with van der Waals surface area (Å²) in [6.07, 6.45) is 2.92. The van der Waals surface area contributed by atoms with E-state index in [1.165, 1.54) is 0 Å². The third kappa shape index (κ3) is 3.06. The molecule has 0 bridgehead atoms. The highest BCUT2D eigenvalue weighted by atomic mass is 16.4. The lowest BCUT2D eigenvalue weighted by atomic mass is 10.2. The summed E-state index contributed by atoms with van der Waals surface area (Å²) in [5, 5.41) is 11.8. The van der Waals surface area contributed by atoms with Gasteiger partial charge in [0.15, 0.2) is 0 Å². The van der Waals surface area contributed by atoms with Crippen molar-refractivity contribution in [3.8, 4) is 0 Å². The van der Waals surface area contributed by atoms with Crippen molar-refractivity contribution in [1.29, 1.82) is 0 Å². The summed E-state index contributed by atoms with van der Waals surface area (Å²) in [4.78, 5) is 23.9. The fourth-order valence-electron chi connectivity index (χ4n) is 1.72. The van der Waals surface area contributed by atoms with Gasteiger partial charge in [-0.2, -0.15) is 0 Å². The molecule has 0 aromatic rings. The van der Waals surface area contributed by atoms with E-state index in [0.29, 0.717) is 18.5 Å². The normalized spacial score (nSPS) is 21.6. The average molecular weight is 226 g/mol. The van der Waals surface area contributed by atoms with Crippen molar-refractivity contribution in [3.05, 3.63) is 11.6 Å². The first kappa shape index (κ1) is 12.7. The number of rotatable bonds is 5. The summed E-state index contributed by atoms with van der Waals surface area (Å²) in [6.45, 7) is 2.99. The van der Waals surface area contributed by atoms with Gasteiger partial charge in [-0.3, -0.25) is 4.79 Å². The molecular weight excluding hydrogens is 208 g/mol. The van der Waals surface area contributed by atoms with Crippen LogP contribution in [0.3, 0.4) is 0 Å². The Morgan fingerprint density at radius 1 is 1.69 bits per heavy atom. The molecule has 0 aliphatic carbocycles. The highest BCUT2D eigenvalue weighted by Gasteiger charge is 2.27. The molecular formula is C11H18N2O3. The van der Waals surface area contributed by atoms with E-state index < -0.39 is 5.97 Å². The van der Waals surface area contributed by atoms with E-state index in [0.717, 1.165) is 13.0 Å². The first-order chi connectivity index (χ1) is 7.56. The molecule has 1 fully saturated rings. The van der Waals surface area contributed by atoms with Crippen LogP contribution in [-0.4, -0.2) is 48.1 Å². The largest absolute Gasteiger partial charge is 0.478 e. The van der Waals surface area contributed by atoms with Gasteiger partial charge in [-0.1, -0.05) is 13.0 Å². The van der Waals surface area contributed by atoms with E-state index in [1.54, 1.807) is 24.9 Å². The number of carbonyl (C=O) groups excluding carboxylic acids is 1. The number of carboxylic acid groups (broad SMARTS) is 1. The Bertz CT molecular complexity index is 312. The van der Waals surface area contributed by atoms with Crippen LogP contribution < -0.4 is 5.32 Å². The number of nitrogens with one attached hydrogen (secondary N) is 1. The van der Waals surface area contributed by atoms with Crippen LogP contribution >= 0.6 is 0 Å². The first-order valence-electron chi connectivity index (χ1n) is 5.47. The van der Waals surface area contributed by atoms with Crippen LogP contribution in [0, 0.1) is 0 Å². The number of carbonyl (C=O) groups is 2. The van der Waals surface area contributed by atoms with E-state index in [9.17, 15) is 9.59 Å². The molecule has 16 heavy (non-hydrogen) atoms. The van der Waals surface area contributed by atoms with E-state index in [1.807, 2.05) is 0 Å². The Morgan fingerprint density at radius 3 is 2.81 bits per heavy atom. The molecule has 2 N–H and O–H groups in total. The van der Waals surface area contributed by atoms with E-state index >= 15 is 0 Å². The molecule has 5 heteroatoms. The maximum Gasteiger partial charge on any atom is 0.331 e. The van der Waals surface area contributed by atoms with Gasteiger partial charge in [0.1, 0.15) is 0 Å². The van der Waals surface area contributed by atoms with Gasteiger partial charge in [-0.05, 0) is 12.8 Å². The van der Waals surface area contributed by atoms with Gasteiger partial charge in [0.2, 0.25) is 5.91 Å². The molecule has 0 saturated carbocycles. The van der Waals surface area contributed by atoms with E-state index in [-0.39, 0.29) is 11.9 Å². The summed E-state index contributed by atoms with van der Waals surface area (Å²) in [5.74, 6) is -0.805. The Kier molecular flexibility index (Phi) is 4.49. The molecule has 0 aromatic carbocycles. The number of likely N-dealkylation sites (tertiary alicyclic amines) is 1. The Balaban J connectivity index is 2.41. The lowest BCUT2D eigenvalue weighted by Gasteiger charge is -2.10. The topological polar surface area (TPSA) is 69.6 Å². The van der Waals surface area contributed by atoms with Crippen LogP contribution in [0.1, 0.15) is 19.8 Å². The minimum absolute atomic E-state index is 0.0850. The van der Waals surface area contributed by atoms with Crippen molar-refractivity contribution < 1.29 is 14.7 Å². The lowest BCUT2D eigenvalue weighted by molar-refractivity contribution is -0.132. The van der Waals surface area contributed by atoms with E-state index in [2.05, 4.69) is 5.32 Å². The average Bonchev–Trinajstić information content (AvgIpc) is 2.55. The number of amides is 1. The smallest absolute Gasteiger partial charge is 0.331 e. The van der Waals surface area contributed by atoms with Crippen molar-refractivity contribution >= 4 is 11.9 Å². The summed E-state index contributed by atoms with van der Waals surface area (Å²) >= 11 is 0. The van der Waals surface area contributed by atoms with E-state index in [4.69, 9.17) is 5.11 Å². The van der Waals surface area contributed by atoms with Crippen molar-refractivity contribution in [2.45, 2.75) is 25.8 Å². The zero-order valence-corrected chi connectivity index (χ0v) is 9.69. The maximum atomic E-state index is 11.5. The minimum atomic E-state index is -0.890. The molecule has 90 valence electrons. The fraction of sp³-hybridized carbons (Fsp3) is 0.636. The molecule has 1 rings (SSSR count). The lowest BCUT2D eigenvalue weighted by Crippen LogP contribution is -2.37. The van der Waals surface area contributed by atoms with Crippen molar-refractivity contribution in [1.82, 2.24) is 10.2 Å². The Hall–Kier alpha value is -1.36.